The zero-order valence-corrected chi connectivity index (χ0v) is 15.3. The van der Waals surface area contributed by atoms with E-state index in [1.807, 2.05) is 10.7 Å². The topological polar surface area (TPSA) is 52.0 Å². The van der Waals surface area contributed by atoms with Crippen LogP contribution in [0.5, 0.6) is 0 Å². The van der Waals surface area contributed by atoms with Crippen molar-refractivity contribution in [3.63, 3.8) is 0 Å². The molecule has 2 aromatic carbocycles. The van der Waals surface area contributed by atoms with Crippen molar-refractivity contribution in [2.75, 3.05) is 19.7 Å². The lowest BCUT2D eigenvalue weighted by atomic mass is 9.95. The molecule has 1 aromatic heterocycles. The second-order valence-electron chi connectivity index (χ2n) is 7.45. The molecule has 0 amide bonds. The summed E-state index contributed by atoms with van der Waals surface area (Å²) in [6.45, 7) is 3.10. The lowest BCUT2D eigenvalue weighted by molar-refractivity contribution is 0.0195. The van der Waals surface area contributed by atoms with E-state index in [2.05, 4.69) is 59.9 Å². The summed E-state index contributed by atoms with van der Waals surface area (Å²) in [4.78, 5) is 5.03. The second kappa shape index (κ2) is 6.91. The Kier molecular flexibility index (Phi) is 4.26. The Morgan fingerprint density at radius 1 is 1.04 bits per heavy atom. The van der Waals surface area contributed by atoms with Crippen molar-refractivity contribution in [2.45, 2.75) is 30.9 Å². The maximum atomic E-state index is 6.01. The van der Waals surface area contributed by atoms with Crippen LogP contribution in [0.1, 0.15) is 41.7 Å². The number of nitrogens with zero attached hydrogens (tertiary/aromatic N) is 3. The SMILES string of the molecule is c1ccc(Cn2nc(C3(c4ccccc4)CC3)nc2[C@H]2CNCCO2)cc1. The zero-order valence-electron chi connectivity index (χ0n) is 15.3. The molecule has 5 nitrogen and oxygen atoms in total. The molecule has 5 rings (SSSR count). The Morgan fingerprint density at radius 3 is 2.44 bits per heavy atom. The average Bonchev–Trinajstić information content (AvgIpc) is 3.45. The van der Waals surface area contributed by atoms with Gasteiger partial charge in [0.05, 0.1) is 18.6 Å². The molecule has 2 aliphatic rings. The van der Waals surface area contributed by atoms with E-state index in [4.69, 9.17) is 14.8 Å². The third-order valence-electron chi connectivity index (χ3n) is 5.60. The van der Waals surface area contributed by atoms with E-state index in [1.54, 1.807) is 0 Å². The van der Waals surface area contributed by atoms with Gasteiger partial charge in [0.2, 0.25) is 0 Å². The second-order valence-corrected chi connectivity index (χ2v) is 7.45. The first kappa shape index (κ1) is 16.7. The number of nitrogens with one attached hydrogen (secondary N) is 1. The molecule has 1 saturated carbocycles. The maximum Gasteiger partial charge on any atom is 0.161 e. The molecule has 3 aromatic rings. The predicted molar refractivity (Wildman–Crippen MR) is 104 cm³/mol. The summed E-state index contributed by atoms with van der Waals surface area (Å²) in [5.41, 5.74) is 2.51. The maximum absolute atomic E-state index is 6.01. The number of benzene rings is 2. The van der Waals surface area contributed by atoms with Crippen LogP contribution >= 0.6 is 0 Å². The summed E-state index contributed by atoms with van der Waals surface area (Å²) >= 11 is 0. The summed E-state index contributed by atoms with van der Waals surface area (Å²) in [7, 11) is 0. The average molecular weight is 360 g/mol. The highest BCUT2D eigenvalue weighted by Crippen LogP contribution is 2.52. The van der Waals surface area contributed by atoms with Crippen molar-refractivity contribution in [1.82, 2.24) is 20.1 Å². The third-order valence-corrected chi connectivity index (χ3v) is 5.60. The fourth-order valence-electron chi connectivity index (χ4n) is 3.92. The monoisotopic (exact) mass is 360 g/mol. The van der Waals surface area contributed by atoms with E-state index < -0.39 is 0 Å². The standard InChI is InChI=1S/C22H24N4O/c1-3-7-17(8-4-1)16-26-20(19-15-23-13-14-27-19)24-21(25-26)22(11-12-22)18-9-5-2-6-10-18/h1-10,19,23H,11-16H2/t19-/m1/s1. The Bertz CT molecular complexity index is 897. The van der Waals surface area contributed by atoms with Crippen LogP contribution in [0.4, 0.5) is 0 Å². The molecule has 27 heavy (non-hydrogen) atoms. The summed E-state index contributed by atoms with van der Waals surface area (Å²) in [5, 5.41) is 8.40. The van der Waals surface area contributed by atoms with Gasteiger partial charge in [0.25, 0.3) is 0 Å². The van der Waals surface area contributed by atoms with E-state index in [1.165, 1.54) is 11.1 Å². The first-order valence-electron chi connectivity index (χ1n) is 9.72. The van der Waals surface area contributed by atoms with E-state index in [9.17, 15) is 0 Å². The van der Waals surface area contributed by atoms with Crippen LogP contribution in [0.3, 0.4) is 0 Å². The minimum absolute atomic E-state index is 0.0277. The molecule has 0 bridgehead atoms. The number of morpholine rings is 1. The van der Waals surface area contributed by atoms with Gasteiger partial charge in [0.1, 0.15) is 6.10 Å². The summed E-state index contributed by atoms with van der Waals surface area (Å²) in [5.74, 6) is 1.87. The van der Waals surface area contributed by atoms with E-state index in [-0.39, 0.29) is 11.5 Å². The molecule has 5 heteroatoms. The first-order valence-corrected chi connectivity index (χ1v) is 9.72. The fourth-order valence-corrected chi connectivity index (χ4v) is 3.92. The summed E-state index contributed by atoms with van der Waals surface area (Å²) in [6.07, 6.45) is 2.17. The van der Waals surface area contributed by atoms with Gasteiger partial charge in [-0.2, -0.15) is 5.10 Å². The van der Waals surface area contributed by atoms with Crippen LogP contribution in [0.25, 0.3) is 0 Å². The fraction of sp³-hybridized carbons (Fsp3) is 0.364. The van der Waals surface area contributed by atoms with Crippen molar-refractivity contribution < 1.29 is 4.74 Å². The molecular formula is C22H24N4O. The van der Waals surface area contributed by atoms with Gasteiger partial charge in [0.15, 0.2) is 11.6 Å². The molecule has 0 spiro atoms. The summed E-state index contributed by atoms with van der Waals surface area (Å²) in [6, 6.07) is 21.1. The summed E-state index contributed by atoms with van der Waals surface area (Å²) < 4.78 is 8.06. The first-order chi connectivity index (χ1) is 13.4. The Labute approximate surface area is 159 Å². The van der Waals surface area contributed by atoms with Crippen LogP contribution in [0.2, 0.25) is 0 Å². The van der Waals surface area contributed by atoms with E-state index >= 15 is 0 Å². The van der Waals surface area contributed by atoms with Crippen molar-refractivity contribution in [1.29, 1.82) is 0 Å². The predicted octanol–water partition coefficient (Wildman–Crippen LogP) is 3.07. The van der Waals surface area contributed by atoms with Crippen molar-refractivity contribution in [3.8, 4) is 0 Å². The molecule has 1 atom stereocenters. The van der Waals surface area contributed by atoms with Gasteiger partial charge in [-0.05, 0) is 24.0 Å². The van der Waals surface area contributed by atoms with Crippen LogP contribution < -0.4 is 5.32 Å². The van der Waals surface area contributed by atoms with Crippen molar-refractivity contribution >= 4 is 0 Å². The highest BCUT2D eigenvalue weighted by atomic mass is 16.5. The molecule has 1 saturated heterocycles. The van der Waals surface area contributed by atoms with Gasteiger partial charge < -0.3 is 10.1 Å². The smallest absolute Gasteiger partial charge is 0.161 e. The number of ether oxygens (including phenoxy) is 1. The Morgan fingerprint density at radius 2 is 1.78 bits per heavy atom. The van der Waals surface area contributed by atoms with Crippen LogP contribution in [-0.2, 0) is 16.7 Å². The quantitative estimate of drug-likeness (QED) is 0.760. The highest BCUT2D eigenvalue weighted by Gasteiger charge is 2.50. The van der Waals surface area contributed by atoms with Gasteiger partial charge in [-0.1, -0.05) is 60.7 Å². The minimum Gasteiger partial charge on any atom is -0.368 e. The van der Waals surface area contributed by atoms with E-state index in [0.717, 1.165) is 37.6 Å². The number of aromatic nitrogens is 3. The molecule has 0 radical (unpaired) electrons. The van der Waals surface area contributed by atoms with Gasteiger partial charge >= 0.3 is 0 Å². The number of hydrogen-bond acceptors (Lipinski definition) is 4. The van der Waals surface area contributed by atoms with Gasteiger partial charge in [-0.25, -0.2) is 9.67 Å². The van der Waals surface area contributed by atoms with Gasteiger partial charge in [-0.15, -0.1) is 0 Å². The molecule has 1 aliphatic carbocycles. The largest absolute Gasteiger partial charge is 0.368 e. The lowest BCUT2D eigenvalue weighted by Gasteiger charge is -2.23. The highest BCUT2D eigenvalue weighted by molar-refractivity contribution is 5.39. The van der Waals surface area contributed by atoms with Gasteiger partial charge in [0, 0.05) is 13.1 Å². The number of hydrogen-bond donors (Lipinski definition) is 1. The van der Waals surface area contributed by atoms with Crippen LogP contribution in [0, 0.1) is 0 Å². The van der Waals surface area contributed by atoms with Gasteiger partial charge in [-0.3, -0.25) is 0 Å². The van der Waals surface area contributed by atoms with Crippen molar-refractivity contribution in [2.24, 2.45) is 0 Å². The molecule has 0 unspecified atom stereocenters. The van der Waals surface area contributed by atoms with Crippen molar-refractivity contribution in [3.05, 3.63) is 83.4 Å². The Hall–Kier alpha value is -2.50. The third kappa shape index (κ3) is 3.17. The van der Waals surface area contributed by atoms with Crippen LogP contribution in [0.15, 0.2) is 60.7 Å². The molecule has 1 N–H and O–H groups in total. The number of rotatable bonds is 5. The lowest BCUT2D eigenvalue weighted by Crippen LogP contribution is -2.35. The van der Waals surface area contributed by atoms with E-state index in [0.29, 0.717) is 13.2 Å². The molecular weight excluding hydrogens is 336 g/mol. The molecule has 138 valence electrons. The molecule has 2 fully saturated rings. The Balaban J connectivity index is 1.53. The normalized spacial score (nSPS) is 21.1. The molecule has 2 heterocycles. The molecule has 1 aliphatic heterocycles. The minimum atomic E-state index is -0.0460. The van der Waals surface area contributed by atoms with Crippen LogP contribution in [-0.4, -0.2) is 34.5 Å². The zero-order chi connectivity index (χ0) is 18.1.